The molecule has 0 aliphatic carbocycles. The molecule has 0 heterocycles. The Hall–Kier alpha value is -0.170. The maximum atomic E-state index is 11.7. The summed E-state index contributed by atoms with van der Waals surface area (Å²) >= 11 is 0. The van der Waals surface area contributed by atoms with Gasteiger partial charge in [0.15, 0.2) is 0 Å². The second kappa shape index (κ2) is 8.92. The predicted octanol–water partition coefficient (Wildman–Crippen LogP) is 0.150. The molecule has 16 heavy (non-hydrogen) atoms. The molecule has 5 nitrogen and oxygen atoms in total. The molecule has 6 heteroatoms. The zero-order chi connectivity index (χ0) is 12.4. The van der Waals surface area contributed by atoms with Crippen LogP contribution in [0.4, 0.5) is 0 Å². The molecule has 0 fully saturated rings. The fourth-order valence-electron chi connectivity index (χ4n) is 1.35. The first-order valence-electron chi connectivity index (χ1n) is 5.79. The molecule has 0 bridgehead atoms. The van der Waals surface area contributed by atoms with Crippen molar-refractivity contribution in [2.24, 2.45) is 5.73 Å². The molecule has 0 aliphatic heterocycles. The normalized spacial score (nSPS) is 12.2. The zero-order valence-corrected chi connectivity index (χ0v) is 10.9. The van der Waals surface area contributed by atoms with Gasteiger partial charge in [-0.2, -0.15) is 0 Å². The number of aliphatic hydroxyl groups is 1. The zero-order valence-electron chi connectivity index (χ0n) is 10.1. The maximum absolute atomic E-state index is 11.7. The summed E-state index contributed by atoms with van der Waals surface area (Å²) in [6.45, 7) is 1.24. The lowest BCUT2D eigenvalue weighted by Gasteiger charge is -2.16. The van der Waals surface area contributed by atoms with Crippen molar-refractivity contribution in [3.05, 3.63) is 0 Å². The topological polar surface area (TPSA) is 83.6 Å². The number of unbranched alkanes of at least 4 members (excludes halogenated alkanes) is 3. The van der Waals surface area contributed by atoms with Crippen LogP contribution in [0.2, 0.25) is 0 Å². The summed E-state index contributed by atoms with van der Waals surface area (Å²) in [4.78, 5) is 0. The number of nitrogens with two attached hydrogens (primary N) is 1. The molecule has 0 atom stereocenters. The quantitative estimate of drug-likeness (QED) is 0.542. The summed E-state index contributed by atoms with van der Waals surface area (Å²) in [5.41, 5.74) is 5.32. The fraction of sp³-hybridized carbons (Fsp3) is 1.00. The molecule has 0 aliphatic rings. The Morgan fingerprint density at radius 1 is 1.12 bits per heavy atom. The maximum Gasteiger partial charge on any atom is 0.213 e. The number of nitrogens with zero attached hydrogens (tertiary/aromatic N) is 1. The Balaban J connectivity index is 3.81. The molecular formula is C10H24N2O3S. The van der Waals surface area contributed by atoms with Crippen LogP contribution in [0.3, 0.4) is 0 Å². The van der Waals surface area contributed by atoms with Gasteiger partial charge in [0.05, 0.1) is 5.75 Å². The highest BCUT2D eigenvalue weighted by Crippen LogP contribution is 2.05. The third-order valence-electron chi connectivity index (χ3n) is 2.46. The minimum atomic E-state index is -3.10. The molecular weight excluding hydrogens is 228 g/mol. The van der Waals surface area contributed by atoms with E-state index in [0.29, 0.717) is 19.5 Å². The van der Waals surface area contributed by atoms with Gasteiger partial charge in [0.2, 0.25) is 10.0 Å². The lowest BCUT2D eigenvalue weighted by atomic mass is 10.2. The predicted molar refractivity (Wildman–Crippen MR) is 65.6 cm³/mol. The molecule has 0 unspecified atom stereocenters. The average Bonchev–Trinajstić information content (AvgIpc) is 2.24. The number of aliphatic hydroxyl groups excluding tert-OH is 1. The highest BCUT2D eigenvalue weighted by Gasteiger charge is 2.16. The van der Waals surface area contributed by atoms with Gasteiger partial charge >= 0.3 is 0 Å². The largest absolute Gasteiger partial charge is 0.396 e. The van der Waals surface area contributed by atoms with Gasteiger partial charge in [0, 0.05) is 20.2 Å². The van der Waals surface area contributed by atoms with E-state index in [2.05, 4.69) is 0 Å². The molecule has 0 aromatic rings. The van der Waals surface area contributed by atoms with Crippen LogP contribution < -0.4 is 5.73 Å². The number of hydrogen-bond acceptors (Lipinski definition) is 4. The van der Waals surface area contributed by atoms with Crippen LogP contribution in [0.5, 0.6) is 0 Å². The van der Waals surface area contributed by atoms with Gasteiger partial charge in [-0.15, -0.1) is 0 Å². The van der Waals surface area contributed by atoms with Gasteiger partial charge in [-0.05, 0) is 38.6 Å². The Morgan fingerprint density at radius 2 is 1.81 bits per heavy atom. The molecule has 98 valence electrons. The lowest BCUT2D eigenvalue weighted by Crippen LogP contribution is -2.30. The van der Waals surface area contributed by atoms with Crippen molar-refractivity contribution in [2.75, 3.05) is 32.5 Å². The van der Waals surface area contributed by atoms with Crippen molar-refractivity contribution in [1.82, 2.24) is 4.31 Å². The summed E-state index contributed by atoms with van der Waals surface area (Å²) in [5.74, 6) is 0.181. The van der Waals surface area contributed by atoms with Crippen LogP contribution >= 0.6 is 0 Å². The molecule has 0 rings (SSSR count). The average molecular weight is 252 g/mol. The summed E-state index contributed by atoms with van der Waals surface area (Å²) in [5, 5.41) is 8.59. The molecule has 0 aromatic heterocycles. The number of sulfonamides is 1. The third-order valence-corrected chi connectivity index (χ3v) is 4.40. The van der Waals surface area contributed by atoms with Crippen molar-refractivity contribution < 1.29 is 13.5 Å². The third kappa shape index (κ3) is 7.16. The number of rotatable bonds is 10. The van der Waals surface area contributed by atoms with Crippen molar-refractivity contribution >= 4 is 10.0 Å². The molecule has 0 aromatic carbocycles. The highest BCUT2D eigenvalue weighted by molar-refractivity contribution is 7.89. The fourth-order valence-corrected chi connectivity index (χ4v) is 2.63. The van der Waals surface area contributed by atoms with E-state index in [0.717, 1.165) is 25.7 Å². The van der Waals surface area contributed by atoms with Crippen LogP contribution in [0, 0.1) is 0 Å². The monoisotopic (exact) mass is 252 g/mol. The van der Waals surface area contributed by atoms with Crippen molar-refractivity contribution in [2.45, 2.75) is 32.1 Å². The summed E-state index contributed by atoms with van der Waals surface area (Å²) < 4.78 is 24.8. The summed E-state index contributed by atoms with van der Waals surface area (Å²) in [6.07, 6.45) is 3.77. The van der Waals surface area contributed by atoms with E-state index in [9.17, 15) is 8.42 Å². The minimum absolute atomic E-state index is 0.174. The minimum Gasteiger partial charge on any atom is -0.396 e. The van der Waals surface area contributed by atoms with Gasteiger partial charge in [0.1, 0.15) is 0 Å². The summed E-state index contributed by atoms with van der Waals surface area (Å²) in [6, 6.07) is 0. The van der Waals surface area contributed by atoms with E-state index in [4.69, 9.17) is 10.8 Å². The SMILES string of the molecule is CN(CCCCCO)S(=O)(=O)CCCCN. The van der Waals surface area contributed by atoms with E-state index in [1.54, 1.807) is 7.05 Å². The van der Waals surface area contributed by atoms with Gasteiger partial charge in [-0.1, -0.05) is 0 Å². The smallest absolute Gasteiger partial charge is 0.213 e. The van der Waals surface area contributed by atoms with E-state index >= 15 is 0 Å². The second-order valence-corrected chi connectivity index (χ2v) is 6.11. The van der Waals surface area contributed by atoms with Gasteiger partial charge in [0.25, 0.3) is 0 Å². The highest BCUT2D eigenvalue weighted by atomic mass is 32.2. The summed E-state index contributed by atoms with van der Waals surface area (Å²) in [7, 11) is -1.50. The van der Waals surface area contributed by atoms with Gasteiger partial charge in [-0.25, -0.2) is 12.7 Å². The van der Waals surface area contributed by atoms with Gasteiger partial charge < -0.3 is 10.8 Å². The first-order valence-corrected chi connectivity index (χ1v) is 7.40. The Labute approximate surface area is 98.7 Å². The number of hydrogen-bond donors (Lipinski definition) is 2. The van der Waals surface area contributed by atoms with Gasteiger partial charge in [-0.3, -0.25) is 0 Å². The Kier molecular flexibility index (Phi) is 8.83. The van der Waals surface area contributed by atoms with E-state index in [-0.39, 0.29) is 12.4 Å². The molecule has 0 saturated carbocycles. The van der Waals surface area contributed by atoms with Crippen LogP contribution in [0.1, 0.15) is 32.1 Å². The first kappa shape index (κ1) is 15.8. The molecule has 3 N–H and O–H groups in total. The Morgan fingerprint density at radius 3 is 2.38 bits per heavy atom. The van der Waals surface area contributed by atoms with Crippen LogP contribution in [0.25, 0.3) is 0 Å². The molecule has 0 amide bonds. The standard InChI is InChI=1S/C10H24N2O3S/c1-12(8-4-2-5-9-13)16(14,15)10-6-3-7-11/h13H,2-11H2,1H3. The Bertz CT molecular complexity index is 255. The van der Waals surface area contributed by atoms with Crippen LogP contribution in [0.15, 0.2) is 0 Å². The van der Waals surface area contributed by atoms with E-state index in [1.165, 1.54) is 4.31 Å². The van der Waals surface area contributed by atoms with Crippen molar-refractivity contribution in [3.63, 3.8) is 0 Å². The molecule has 0 radical (unpaired) electrons. The lowest BCUT2D eigenvalue weighted by molar-refractivity contribution is 0.281. The second-order valence-electron chi connectivity index (χ2n) is 3.92. The first-order chi connectivity index (χ1) is 7.54. The van der Waals surface area contributed by atoms with E-state index in [1.807, 2.05) is 0 Å². The van der Waals surface area contributed by atoms with Crippen molar-refractivity contribution in [1.29, 1.82) is 0 Å². The molecule has 0 saturated heterocycles. The molecule has 0 spiro atoms. The van der Waals surface area contributed by atoms with Crippen LogP contribution in [-0.2, 0) is 10.0 Å². The van der Waals surface area contributed by atoms with Crippen molar-refractivity contribution in [3.8, 4) is 0 Å². The van der Waals surface area contributed by atoms with E-state index < -0.39 is 10.0 Å². The van der Waals surface area contributed by atoms with Crippen LogP contribution in [-0.4, -0.2) is 50.3 Å².